The zero-order valence-corrected chi connectivity index (χ0v) is 13.3. The van der Waals surface area contributed by atoms with E-state index in [-0.39, 0.29) is 11.8 Å². The Morgan fingerprint density at radius 1 is 1.32 bits per heavy atom. The van der Waals surface area contributed by atoms with Crippen molar-refractivity contribution >= 4 is 11.6 Å². The fourth-order valence-electron chi connectivity index (χ4n) is 3.28. The molecule has 5 heteroatoms. The maximum Gasteiger partial charge on any atom is 0.243 e. The highest BCUT2D eigenvalue weighted by molar-refractivity contribution is 6.02. The van der Waals surface area contributed by atoms with Gasteiger partial charge in [-0.25, -0.2) is 5.43 Å². The van der Waals surface area contributed by atoms with Crippen LogP contribution in [0.3, 0.4) is 0 Å². The summed E-state index contributed by atoms with van der Waals surface area (Å²) >= 11 is 0. The number of methoxy groups -OCH3 is 2. The van der Waals surface area contributed by atoms with Crippen LogP contribution in [0.4, 0.5) is 0 Å². The number of ether oxygens (including phenoxy) is 2. The summed E-state index contributed by atoms with van der Waals surface area (Å²) in [7, 11) is 3.22. The number of carbonyl (C=O) groups excluding carboxylic acids is 1. The number of nitrogens with one attached hydrogen (secondary N) is 1. The number of benzene rings is 1. The van der Waals surface area contributed by atoms with Gasteiger partial charge in [-0.2, -0.15) is 5.10 Å². The topological polar surface area (TPSA) is 59.9 Å². The van der Waals surface area contributed by atoms with Crippen LogP contribution in [-0.4, -0.2) is 25.8 Å². The molecule has 1 N–H and O–H groups in total. The van der Waals surface area contributed by atoms with Crippen molar-refractivity contribution in [2.24, 2.45) is 16.4 Å². The summed E-state index contributed by atoms with van der Waals surface area (Å²) in [5.74, 6) is 1.61. The third kappa shape index (κ3) is 2.56. The molecule has 2 fully saturated rings. The van der Waals surface area contributed by atoms with E-state index in [1.165, 1.54) is 19.3 Å². The molecule has 22 heavy (non-hydrogen) atoms. The zero-order valence-electron chi connectivity index (χ0n) is 13.3. The molecular weight excluding hydrogens is 280 g/mol. The normalized spacial score (nSPS) is 22.0. The predicted octanol–water partition coefficient (Wildman–Crippen LogP) is 2.73. The Bertz CT molecular complexity index is 620. The SMILES string of the molecule is COc1ccc(C(C)=NNC(=O)C2CC23CCC3)c(OC)c1. The number of hydrogen-bond acceptors (Lipinski definition) is 4. The van der Waals surface area contributed by atoms with E-state index < -0.39 is 0 Å². The number of carbonyl (C=O) groups is 1. The Morgan fingerprint density at radius 2 is 2.09 bits per heavy atom. The average molecular weight is 302 g/mol. The first kappa shape index (κ1) is 14.9. The monoisotopic (exact) mass is 302 g/mol. The van der Waals surface area contributed by atoms with Crippen LogP contribution >= 0.6 is 0 Å². The molecule has 1 aromatic rings. The minimum absolute atomic E-state index is 0.0477. The highest BCUT2D eigenvalue weighted by Crippen LogP contribution is 2.65. The molecule has 0 radical (unpaired) electrons. The second-order valence-corrected chi connectivity index (χ2v) is 6.21. The lowest BCUT2D eigenvalue weighted by Crippen LogP contribution is -2.26. The first-order valence-corrected chi connectivity index (χ1v) is 7.66. The summed E-state index contributed by atoms with van der Waals surface area (Å²) in [4.78, 5) is 12.1. The van der Waals surface area contributed by atoms with Crippen LogP contribution in [0.15, 0.2) is 23.3 Å². The molecule has 1 spiro atoms. The minimum atomic E-state index is 0.0477. The van der Waals surface area contributed by atoms with Crippen molar-refractivity contribution in [1.29, 1.82) is 0 Å². The highest BCUT2D eigenvalue weighted by atomic mass is 16.5. The standard InChI is InChI=1S/C17H22N2O3/c1-11(13-6-5-12(21-2)9-15(13)22-3)18-19-16(20)14-10-17(14)7-4-8-17/h5-6,9,14H,4,7-8,10H2,1-3H3,(H,19,20). The molecule has 118 valence electrons. The quantitative estimate of drug-likeness (QED) is 0.672. The summed E-state index contributed by atoms with van der Waals surface area (Å²) in [5, 5.41) is 4.24. The third-order valence-corrected chi connectivity index (χ3v) is 4.99. The molecule has 2 aliphatic carbocycles. The fourth-order valence-corrected chi connectivity index (χ4v) is 3.28. The molecule has 0 heterocycles. The van der Waals surface area contributed by atoms with Crippen molar-refractivity contribution in [3.05, 3.63) is 23.8 Å². The first-order valence-electron chi connectivity index (χ1n) is 7.66. The van der Waals surface area contributed by atoms with Crippen molar-refractivity contribution in [2.75, 3.05) is 14.2 Å². The molecule has 1 unspecified atom stereocenters. The van der Waals surface area contributed by atoms with E-state index in [4.69, 9.17) is 9.47 Å². The van der Waals surface area contributed by atoms with Gasteiger partial charge in [0, 0.05) is 17.5 Å². The number of amides is 1. The predicted molar refractivity (Wildman–Crippen MR) is 84.3 cm³/mol. The summed E-state index contributed by atoms with van der Waals surface area (Å²) < 4.78 is 10.5. The molecule has 0 aromatic heterocycles. The van der Waals surface area contributed by atoms with E-state index in [1.807, 2.05) is 19.1 Å². The Labute approximate surface area is 130 Å². The summed E-state index contributed by atoms with van der Waals surface area (Å²) in [6.45, 7) is 1.86. The van der Waals surface area contributed by atoms with Gasteiger partial charge >= 0.3 is 0 Å². The van der Waals surface area contributed by atoms with E-state index in [2.05, 4.69) is 10.5 Å². The van der Waals surface area contributed by atoms with E-state index in [0.717, 1.165) is 23.4 Å². The number of nitrogens with zero attached hydrogens (tertiary/aromatic N) is 1. The third-order valence-electron chi connectivity index (χ3n) is 4.99. The zero-order chi connectivity index (χ0) is 15.7. The van der Waals surface area contributed by atoms with Gasteiger partial charge in [0.2, 0.25) is 5.91 Å². The molecular formula is C17H22N2O3. The van der Waals surface area contributed by atoms with E-state index in [0.29, 0.717) is 11.2 Å². The van der Waals surface area contributed by atoms with Crippen molar-refractivity contribution in [1.82, 2.24) is 5.43 Å². The van der Waals surface area contributed by atoms with Crippen LogP contribution in [0.1, 0.15) is 38.2 Å². The molecule has 0 aliphatic heterocycles. The van der Waals surface area contributed by atoms with Crippen LogP contribution in [0, 0.1) is 11.3 Å². The van der Waals surface area contributed by atoms with E-state index in [1.54, 1.807) is 20.3 Å². The Morgan fingerprint density at radius 3 is 2.64 bits per heavy atom. The maximum atomic E-state index is 12.1. The molecule has 5 nitrogen and oxygen atoms in total. The Hall–Kier alpha value is -2.04. The highest BCUT2D eigenvalue weighted by Gasteiger charge is 2.60. The number of hydrazone groups is 1. The molecule has 0 saturated heterocycles. The molecule has 1 atom stereocenters. The summed E-state index contributed by atoms with van der Waals surface area (Å²) in [6, 6.07) is 5.54. The van der Waals surface area contributed by atoms with Crippen LogP contribution in [0.25, 0.3) is 0 Å². The fraction of sp³-hybridized carbons (Fsp3) is 0.529. The van der Waals surface area contributed by atoms with Crippen LogP contribution in [0.5, 0.6) is 11.5 Å². The first-order chi connectivity index (χ1) is 10.6. The second kappa shape index (κ2) is 5.63. The van der Waals surface area contributed by atoms with Crippen molar-refractivity contribution in [3.8, 4) is 11.5 Å². The summed E-state index contributed by atoms with van der Waals surface area (Å²) in [5.41, 5.74) is 4.60. The molecule has 2 saturated carbocycles. The maximum absolute atomic E-state index is 12.1. The van der Waals surface area contributed by atoms with Crippen molar-refractivity contribution in [2.45, 2.75) is 32.6 Å². The van der Waals surface area contributed by atoms with Gasteiger partial charge in [0.15, 0.2) is 0 Å². The Balaban J connectivity index is 1.68. The van der Waals surface area contributed by atoms with Gasteiger partial charge in [-0.1, -0.05) is 6.42 Å². The summed E-state index contributed by atoms with van der Waals surface area (Å²) in [6.07, 6.45) is 4.68. The van der Waals surface area contributed by atoms with Crippen LogP contribution in [0.2, 0.25) is 0 Å². The largest absolute Gasteiger partial charge is 0.497 e. The molecule has 1 aromatic carbocycles. The van der Waals surface area contributed by atoms with Gasteiger partial charge in [0.05, 0.1) is 19.9 Å². The number of hydrogen-bond donors (Lipinski definition) is 1. The van der Waals surface area contributed by atoms with Gasteiger partial charge in [-0.3, -0.25) is 4.79 Å². The Kier molecular flexibility index (Phi) is 3.81. The van der Waals surface area contributed by atoms with Crippen LogP contribution in [-0.2, 0) is 4.79 Å². The molecule has 2 aliphatic rings. The molecule has 0 bridgehead atoms. The number of rotatable bonds is 5. The minimum Gasteiger partial charge on any atom is -0.497 e. The van der Waals surface area contributed by atoms with Gasteiger partial charge < -0.3 is 9.47 Å². The average Bonchev–Trinajstić information content (AvgIpc) is 3.27. The van der Waals surface area contributed by atoms with E-state index in [9.17, 15) is 4.79 Å². The second-order valence-electron chi connectivity index (χ2n) is 6.21. The smallest absolute Gasteiger partial charge is 0.243 e. The van der Waals surface area contributed by atoms with E-state index >= 15 is 0 Å². The van der Waals surface area contributed by atoms with Gasteiger partial charge in [-0.15, -0.1) is 0 Å². The van der Waals surface area contributed by atoms with Gasteiger partial charge in [-0.05, 0) is 43.7 Å². The van der Waals surface area contributed by atoms with Crippen molar-refractivity contribution in [3.63, 3.8) is 0 Å². The lowest BCUT2D eigenvalue weighted by molar-refractivity contribution is -0.123. The van der Waals surface area contributed by atoms with Crippen LogP contribution < -0.4 is 14.9 Å². The molecule has 1 amide bonds. The lowest BCUT2D eigenvalue weighted by Gasteiger charge is -2.25. The molecule has 3 rings (SSSR count). The van der Waals surface area contributed by atoms with Crippen molar-refractivity contribution < 1.29 is 14.3 Å². The van der Waals surface area contributed by atoms with Gasteiger partial charge in [0.25, 0.3) is 0 Å². The van der Waals surface area contributed by atoms with Gasteiger partial charge in [0.1, 0.15) is 11.5 Å². The lowest BCUT2D eigenvalue weighted by atomic mass is 9.80.